The summed E-state index contributed by atoms with van der Waals surface area (Å²) in [7, 11) is 0. The Balaban J connectivity index is 3.33. The van der Waals surface area contributed by atoms with E-state index in [4.69, 9.17) is 9.47 Å². The van der Waals surface area contributed by atoms with Crippen LogP contribution in [0.2, 0.25) is 0 Å². The largest absolute Gasteiger partial charge is 0.462 e. The smallest absolute Gasteiger partial charge is 0.306 e. The Hall–Kier alpha value is -1.10. The summed E-state index contributed by atoms with van der Waals surface area (Å²) >= 11 is 0. The van der Waals surface area contributed by atoms with Crippen molar-refractivity contribution in [2.75, 3.05) is 13.2 Å². The second-order valence-corrected chi connectivity index (χ2v) is 24.7. The maximum atomic E-state index is 12.4. The predicted octanol–water partition coefficient (Wildman–Crippen LogP) is 24.4. The molecule has 0 bridgehead atoms. The quantitative estimate of drug-likeness (QED) is 0.0485. The van der Waals surface area contributed by atoms with Crippen LogP contribution in [0.4, 0.5) is 0 Å². The molecule has 0 aliphatic heterocycles. The van der Waals surface area contributed by atoms with Crippen LogP contribution in [-0.2, 0) is 19.1 Å². The van der Waals surface area contributed by atoms with E-state index in [9.17, 15) is 14.7 Å². The Morgan fingerprint density at radius 1 is 0.250 bits per heavy atom. The van der Waals surface area contributed by atoms with Crippen molar-refractivity contribution in [1.82, 2.24) is 0 Å². The van der Waals surface area contributed by atoms with Gasteiger partial charge in [-0.05, 0) is 12.8 Å². The van der Waals surface area contributed by atoms with E-state index in [2.05, 4.69) is 13.8 Å². The molecule has 0 radical (unpaired) electrons. The number of hydrogen-bond donors (Lipinski definition) is 1. The van der Waals surface area contributed by atoms with Crippen LogP contribution in [0.15, 0.2) is 0 Å². The highest BCUT2D eigenvalue weighted by Gasteiger charge is 2.16. The monoisotopic (exact) mass is 1070 g/mol. The minimum absolute atomic E-state index is 0.0553. The molecule has 0 amide bonds. The molecule has 454 valence electrons. The van der Waals surface area contributed by atoms with E-state index >= 15 is 0 Å². The summed E-state index contributed by atoms with van der Waals surface area (Å²) in [6.07, 6.45) is 85.9. The fraction of sp³-hybridized carbons (Fsp3) is 0.972. The van der Waals surface area contributed by atoms with Crippen molar-refractivity contribution in [2.24, 2.45) is 0 Å². The molecule has 0 saturated heterocycles. The molecule has 0 aromatic rings. The first-order chi connectivity index (χ1) is 37.6. The Morgan fingerprint density at radius 3 is 0.579 bits per heavy atom. The fourth-order valence-corrected chi connectivity index (χ4v) is 11.6. The van der Waals surface area contributed by atoms with Crippen molar-refractivity contribution in [3.8, 4) is 0 Å². The van der Waals surface area contributed by atoms with E-state index in [1.165, 1.54) is 366 Å². The Labute approximate surface area is 478 Å². The number of unbranched alkanes of at least 4 members (excludes halogenated alkanes) is 60. The predicted molar refractivity (Wildman–Crippen MR) is 335 cm³/mol. The second-order valence-electron chi connectivity index (χ2n) is 24.7. The third-order valence-corrected chi connectivity index (χ3v) is 16.9. The average Bonchev–Trinajstić information content (AvgIpc) is 3.42. The first kappa shape index (κ1) is 74.9. The van der Waals surface area contributed by atoms with Gasteiger partial charge in [0.15, 0.2) is 6.10 Å². The molecule has 0 fully saturated rings. The minimum atomic E-state index is -0.765. The number of carbonyl (C=O) groups excluding carboxylic acids is 2. The number of esters is 2. The van der Waals surface area contributed by atoms with Crippen molar-refractivity contribution in [1.29, 1.82) is 0 Å². The van der Waals surface area contributed by atoms with E-state index in [0.717, 1.165) is 32.1 Å². The summed E-state index contributed by atoms with van der Waals surface area (Å²) in [4.78, 5) is 24.6. The number of hydrogen-bond acceptors (Lipinski definition) is 5. The standard InChI is InChI=1S/C71H140O5/c1-3-5-7-9-11-13-15-17-19-21-23-25-27-29-30-31-32-33-34-35-36-37-38-39-40-41-42-44-46-48-50-52-54-56-58-60-62-64-66-71(74)76-69(67-72)68-75-70(73)65-63-61-59-57-55-53-51-49-47-45-43-28-26-24-22-20-18-16-14-12-10-8-6-4-2/h69,72H,3-68H2,1-2H3. The van der Waals surface area contributed by atoms with Gasteiger partial charge in [-0.15, -0.1) is 0 Å². The van der Waals surface area contributed by atoms with Crippen molar-refractivity contribution in [3.05, 3.63) is 0 Å². The van der Waals surface area contributed by atoms with Crippen molar-refractivity contribution >= 4 is 11.9 Å². The molecule has 0 spiro atoms. The van der Waals surface area contributed by atoms with Crippen LogP contribution in [0.1, 0.15) is 425 Å². The summed E-state index contributed by atoms with van der Waals surface area (Å²) in [5.74, 6) is -0.559. The Morgan fingerprint density at radius 2 is 0.408 bits per heavy atom. The number of aliphatic hydroxyl groups is 1. The lowest BCUT2D eigenvalue weighted by Gasteiger charge is -2.15. The highest BCUT2D eigenvalue weighted by atomic mass is 16.6. The van der Waals surface area contributed by atoms with Gasteiger partial charge >= 0.3 is 11.9 Å². The fourth-order valence-electron chi connectivity index (χ4n) is 11.6. The molecule has 0 aromatic heterocycles. The average molecular weight is 1070 g/mol. The van der Waals surface area contributed by atoms with Gasteiger partial charge in [0.05, 0.1) is 6.61 Å². The van der Waals surface area contributed by atoms with Gasteiger partial charge in [0.2, 0.25) is 0 Å². The zero-order valence-electron chi connectivity index (χ0n) is 52.3. The summed E-state index contributed by atoms with van der Waals surface area (Å²) in [5, 5.41) is 9.70. The first-order valence-electron chi connectivity index (χ1n) is 35.6. The normalized spacial score (nSPS) is 12.0. The highest BCUT2D eigenvalue weighted by Crippen LogP contribution is 2.20. The maximum absolute atomic E-state index is 12.4. The topological polar surface area (TPSA) is 72.8 Å². The lowest BCUT2D eigenvalue weighted by atomic mass is 10.0. The van der Waals surface area contributed by atoms with Gasteiger partial charge in [-0.2, -0.15) is 0 Å². The van der Waals surface area contributed by atoms with Gasteiger partial charge in [0.25, 0.3) is 0 Å². The van der Waals surface area contributed by atoms with Crippen molar-refractivity contribution < 1.29 is 24.2 Å². The summed E-state index contributed by atoms with van der Waals surface area (Å²) in [6, 6.07) is 0. The van der Waals surface area contributed by atoms with E-state index in [-0.39, 0.29) is 25.2 Å². The lowest BCUT2D eigenvalue weighted by Crippen LogP contribution is -2.28. The third-order valence-electron chi connectivity index (χ3n) is 16.9. The van der Waals surface area contributed by atoms with Gasteiger partial charge < -0.3 is 14.6 Å². The lowest BCUT2D eigenvalue weighted by molar-refractivity contribution is -0.161. The molecule has 0 aliphatic rings. The molecule has 0 saturated carbocycles. The number of ether oxygens (including phenoxy) is 2. The number of aliphatic hydroxyl groups excluding tert-OH is 1. The van der Waals surface area contributed by atoms with Crippen LogP contribution in [0.3, 0.4) is 0 Å². The van der Waals surface area contributed by atoms with Crippen LogP contribution in [-0.4, -0.2) is 36.4 Å². The second kappa shape index (κ2) is 68.2. The molecule has 0 heterocycles. The van der Waals surface area contributed by atoms with E-state index in [1.54, 1.807) is 0 Å². The third kappa shape index (κ3) is 65.4. The molecule has 0 aromatic carbocycles. The minimum Gasteiger partial charge on any atom is -0.462 e. The molecule has 1 atom stereocenters. The number of rotatable bonds is 68. The molecule has 76 heavy (non-hydrogen) atoms. The summed E-state index contributed by atoms with van der Waals surface area (Å²) < 4.78 is 10.8. The van der Waals surface area contributed by atoms with Crippen LogP contribution >= 0.6 is 0 Å². The van der Waals surface area contributed by atoms with Gasteiger partial charge in [-0.3, -0.25) is 9.59 Å². The van der Waals surface area contributed by atoms with E-state index < -0.39 is 6.10 Å². The maximum Gasteiger partial charge on any atom is 0.306 e. The zero-order chi connectivity index (χ0) is 54.8. The van der Waals surface area contributed by atoms with Crippen LogP contribution in [0.25, 0.3) is 0 Å². The molecule has 0 rings (SSSR count). The van der Waals surface area contributed by atoms with Gasteiger partial charge in [0.1, 0.15) is 6.61 Å². The SMILES string of the molecule is CCCCCCCCCCCCCCCCCCCCCCCCCCCCCCCCCCCCCCCCC(=O)OC(CO)COC(=O)CCCCCCCCCCCCCCCCCCCCCCCCCC. The molecule has 5 heteroatoms. The van der Waals surface area contributed by atoms with E-state index in [0.29, 0.717) is 12.8 Å². The van der Waals surface area contributed by atoms with Crippen LogP contribution in [0.5, 0.6) is 0 Å². The molecule has 1 unspecified atom stereocenters. The van der Waals surface area contributed by atoms with Crippen LogP contribution < -0.4 is 0 Å². The van der Waals surface area contributed by atoms with E-state index in [1.807, 2.05) is 0 Å². The van der Waals surface area contributed by atoms with Crippen LogP contribution in [0, 0.1) is 0 Å². The molecule has 5 nitrogen and oxygen atoms in total. The van der Waals surface area contributed by atoms with Gasteiger partial charge in [0, 0.05) is 12.8 Å². The zero-order valence-corrected chi connectivity index (χ0v) is 52.3. The molecule has 0 aliphatic carbocycles. The van der Waals surface area contributed by atoms with Crippen molar-refractivity contribution in [3.63, 3.8) is 0 Å². The Kier molecular flexibility index (Phi) is 67.2. The van der Waals surface area contributed by atoms with Crippen molar-refractivity contribution in [2.45, 2.75) is 431 Å². The molecular weight excluding hydrogens is 933 g/mol. The first-order valence-corrected chi connectivity index (χ1v) is 35.6. The van der Waals surface area contributed by atoms with Gasteiger partial charge in [-0.1, -0.05) is 399 Å². The summed E-state index contributed by atoms with van der Waals surface area (Å²) in [5.41, 5.74) is 0. The Bertz CT molecular complexity index is 1080. The highest BCUT2D eigenvalue weighted by molar-refractivity contribution is 5.70. The molecule has 1 N–H and O–H groups in total. The molecular formula is C71H140O5. The van der Waals surface area contributed by atoms with Gasteiger partial charge in [-0.25, -0.2) is 0 Å². The summed E-state index contributed by atoms with van der Waals surface area (Å²) in [6.45, 7) is 4.23. The number of carbonyl (C=O) groups is 2.